The number of hydrogen-bond acceptors (Lipinski definition) is 6. The van der Waals surface area contributed by atoms with Gasteiger partial charge in [0.1, 0.15) is 0 Å². The van der Waals surface area contributed by atoms with Crippen LogP contribution in [-0.2, 0) is 0 Å². The minimum absolute atomic E-state index is 0.329. The normalized spacial score (nSPS) is 10.6. The highest BCUT2D eigenvalue weighted by molar-refractivity contribution is 7.23. The average Bonchev–Trinajstić information content (AvgIpc) is 3.17. The third-order valence-electron chi connectivity index (χ3n) is 4.35. The topological polar surface area (TPSA) is 97.9 Å². The molecule has 3 heterocycles. The Morgan fingerprint density at radius 1 is 1.21 bits per heavy atom. The summed E-state index contributed by atoms with van der Waals surface area (Å²) in [5, 5.41) is 0.545. The molecule has 0 saturated heterocycles. The number of benzene rings is 1. The number of carbonyl (C=O) groups excluding carboxylic acids is 1. The summed E-state index contributed by atoms with van der Waals surface area (Å²) in [5.41, 5.74) is 9.64. The van der Waals surface area contributed by atoms with Crippen LogP contribution in [0.2, 0.25) is 0 Å². The maximum atomic E-state index is 11.8. The smallest absolute Gasteiger partial charge is 0.321 e. The van der Waals surface area contributed by atoms with E-state index in [1.54, 1.807) is 18.6 Å². The van der Waals surface area contributed by atoms with Crippen molar-refractivity contribution in [2.24, 2.45) is 5.73 Å². The van der Waals surface area contributed by atoms with E-state index in [1.807, 2.05) is 37.3 Å². The third kappa shape index (κ3) is 3.51. The zero-order valence-electron chi connectivity index (χ0n) is 15.5. The number of nitrogens with zero attached hydrogens (tertiary/aromatic N) is 5. The minimum atomic E-state index is -0.538. The van der Waals surface area contributed by atoms with Gasteiger partial charge in [-0.25, -0.2) is 19.7 Å². The molecule has 0 bridgehead atoms. The van der Waals surface area contributed by atoms with E-state index in [0.717, 1.165) is 32.6 Å². The molecule has 2 amide bonds. The first-order chi connectivity index (χ1) is 14.1. The number of primary amides is 1. The molecule has 0 atom stereocenters. The summed E-state index contributed by atoms with van der Waals surface area (Å²) in [7, 11) is 0. The Morgan fingerprint density at radius 2 is 2.00 bits per heavy atom. The van der Waals surface area contributed by atoms with Gasteiger partial charge in [-0.15, -0.1) is 6.42 Å². The summed E-state index contributed by atoms with van der Waals surface area (Å²) in [4.78, 5) is 30.7. The van der Waals surface area contributed by atoms with Crippen molar-refractivity contribution in [1.82, 2.24) is 19.9 Å². The SMILES string of the molecule is C#Cc1ncc(-c2cc(-c3ccccn3)c3sc(N(CC)C(N)=O)nc3c2)cn1. The van der Waals surface area contributed by atoms with Gasteiger partial charge in [0.25, 0.3) is 0 Å². The predicted molar refractivity (Wildman–Crippen MR) is 114 cm³/mol. The van der Waals surface area contributed by atoms with Crippen LogP contribution >= 0.6 is 11.3 Å². The van der Waals surface area contributed by atoms with Crippen molar-refractivity contribution in [3.05, 3.63) is 54.7 Å². The largest absolute Gasteiger partial charge is 0.351 e. The van der Waals surface area contributed by atoms with E-state index in [9.17, 15) is 4.79 Å². The number of amides is 2. The van der Waals surface area contributed by atoms with Gasteiger partial charge in [-0.1, -0.05) is 17.4 Å². The highest BCUT2D eigenvalue weighted by Crippen LogP contribution is 2.39. The Labute approximate surface area is 171 Å². The number of rotatable bonds is 4. The van der Waals surface area contributed by atoms with E-state index in [1.165, 1.54) is 16.2 Å². The first-order valence-electron chi connectivity index (χ1n) is 8.82. The summed E-state index contributed by atoms with van der Waals surface area (Å²) in [6.07, 6.45) is 10.4. The summed E-state index contributed by atoms with van der Waals surface area (Å²) < 4.78 is 0.920. The van der Waals surface area contributed by atoms with E-state index >= 15 is 0 Å². The van der Waals surface area contributed by atoms with E-state index < -0.39 is 6.03 Å². The molecule has 0 unspecified atom stereocenters. The maximum absolute atomic E-state index is 11.8. The monoisotopic (exact) mass is 400 g/mol. The van der Waals surface area contributed by atoms with Gasteiger partial charge >= 0.3 is 6.03 Å². The molecule has 8 heteroatoms. The van der Waals surface area contributed by atoms with Crippen LogP contribution in [0.5, 0.6) is 0 Å². The number of urea groups is 1. The highest BCUT2D eigenvalue weighted by atomic mass is 32.1. The van der Waals surface area contributed by atoms with Crippen molar-refractivity contribution in [3.63, 3.8) is 0 Å². The van der Waals surface area contributed by atoms with Crippen LogP contribution in [-0.4, -0.2) is 32.5 Å². The summed E-state index contributed by atoms with van der Waals surface area (Å²) in [5.74, 6) is 2.74. The van der Waals surface area contributed by atoms with E-state index in [-0.39, 0.29) is 0 Å². The van der Waals surface area contributed by atoms with Gasteiger partial charge in [-0.3, -0.25) is 9.88 Å². The van der Waals surface area contributed by atoms with E-state index in [0.29, 0.717) is 17.5 Å². The van der Waals surface area contributed by atoms with Gasteiger partial charge in [-0.05, 0) is 42.7 Å². The lowest BCUT2D eigenvalue weighted by Crippen LogP contribution is -2.35. The standard InChI is InChI=1S/C21H16N6OS/c1-3-18-24-11-14(12-25-18)13-9-15(16-7-5-6-8-23-16)19-17(10-13)26-21(29-19)27(4-2)20(22)28/h1,5-12H,4H2,2H3,(H2,22,28). The number of carbonyl (C=O) groups is 1. The molecule has 0 radical (unpaired) electrons. The molecule has 0 aliphatic carbocycles. The van der Waals surface area contributed by atoms with Crippen molar-refractivity contribution in [1.29, 1.82) is 0 Å². The fourth-order valence-electron chi connectivity index (χ4n) is 2.95. The lowest BCUT2D eigenvalue weighted by molar-refractivity contribution is 0.254. The molecule has 4 aromatic rings. The zero-order chi connectivity index (χ0) is 20.4. The van der Waals surface area contributed by atoms with Crippen LogP contribution in [0, 0.1) is 12.3 Å². The van der Waals surface area contributed by atoms with Crippen molar-refractivity contribution < 1.29 is 4.79 Å². The fourth-order valence-corrected chi connectivity index (χ4v) is 4.09. The quantitative estimate of drug-likeness (QED) is 0.527. The van der Waals surface area contributed by atoms with Crippen LogP contribution in [0.15, 0.2) is 48.9 Å². The number of thiazole rings is 1. The molecule has 29 heavy (non-hydrogen) atoms. The number of anilines is 1. The Morgan fingerprint density at radius 3 is 2.62 bits per heavy atom. The van der Waals surface area contributed by atoms with Crippen LogP contribution in [0.25, 0.3) is 32.6 Å². The summed E-state index contributed by atoms with van der Waals surface area (Å²) in [6, 6.07) is 9.13. The summed E-state index contributed by atoms with van der Waals surface area (Å²) in [6.45, 7) is 2.29. The molecular formula is C21H16N6OS. The molecule has 0 spiro atoms. The Bertz CT molecular complexity index is 1230. The first-order valence-corrected chi connectivity index (χ1v) is 9.64. The molecule has 0 aliphatic rings. The molecule has 0 fully saturated rings. The minimum Gasteiger partial charge on any atom is -0.351 e. The molecule has 4 rings (SSSR count). The van der Waals surface area contributed by atoms with Gasteiger partial charge in [0.15, 0.2) is 5.13 Å². The number of fused-ring (bicyclic) bond motifs is 1. The predicted octanol–water partition coefficient (Wildman–Crippen LogP) is 3.70. The zero-order valence-corrected chi connectivity index (χ0v) is 16.3. The molecule has 1 aromatic carbocycles. The van der Waals surface area contributed by atoms with Crippen molar-refractivity contribution in [2.45, 2.75) is 6.92 Å². The van der Waals surface area contributed by atoms with E-state index in [2.05, 4.69) is 25.9 Å². The molecule has 7 nitrogen and oxygen atoms in total. The van der Waals surface area contributed by atoms with Gasteiger partial charge in [0.2, 0.25) is 5.82 Å². The van der Waals surface area contributed by atoms with Gasteiger partial charge < -0.3 is 5.73 Å². The molecule has 142 valence electrons. The van der Waals surface area contributed by atoms with Crippen LogP contribution < -0.4 is 10.6 Å². The first kappa shape index (κ1) is 18.5. The van der Waals surface area contributed by atoms with Gasteiger partial charge in [0, 0.05) is 36.3 Å². The Hall–Kier alpha value is -3.83. The second kappa shape index (κ2) is 7.66. The highest BCUT2D eigenvalue weighted by Gasteiger charge is 2.19. The van der Waals surface area contributed by atoms with Crippen molar-refractivity contribution in [3.8, 4) is 34.7 Å². The second-order valence-corrected chi connectivity index (χ2v) is 7.08. The van der Waals surface area contributed by atoms with Crippen LogP contribution in [0.4, 0.5) is 9.93 Å². The molecule has 0 aliphatic heterocycles. The van der Waals surface area contributed by atoms with Crippen LogP contribution in [0.1, 0.15) is 12.7 Å². The fraction of sp³-hybridized carbons (Fsp3) is 0.0952. The lowest BCUT2D eigenvalue weighted by atomic mass is 10.0. The van der Waals surface area contributed by atoms with E-state index in [4.69, 9.17) is 12.2 Å². The second-order valence-electron chi connectivity index (χ2n) is 6.11. The molecule has 3 aromatic heterocycles. The maximum Gasteiger partial charge on any atom is 0.321 e. The number of nitrogens with two attached hydrogens (primary N) is 1. The average molecular weight is 400 g/mol. The molecule has 2 N–H and O–H groups in total. The number of pyridine rings is 1. The van der Waals surface area contributed by atoms with Crippen molar-refractivity contribution >= 4 is 32.7 Å². The Kier molecular flexibility index (Phi) is 4.89. The van der Waals surface area contributed by atoms with Gasteiger partial charge in [-0.2, -0.15) is 0 Å². The number of terminal acetylenes is 1. The molecular weight excluding hydrogens is 384 g/mol. The van der Waals surface area contributed by atoms with Gasteiger partial charge in [0.05, 0.1) is 15.9 Å². The third-order valence-corrected chi connectivity index (χ3v) is 5.47. The van der Waals surface area contributed by atoms with Crippen LogP contribution in [0.3, 0.4) is 0 Å². The lowest BCUT2D eigenvalue weighted by Gasteiger charge is -2.13. The molecule has 0 saturated carbocycles. The number of aromatic nitrogens is 4. The number of hydrogen-bond donors (Lipinski definition) is 1. The Balaban J connectivity index is 1.94. The van der Waals surface area contributed by atoms with Crippen molar-refractivity contribution in [2.75, 3.05) is 11.4 Å². The summed E-state index contributed by atoms with van der Waals surface area (Å²) >= 11 is 1.41.